The number of carboxylic acids is 1. The maximum atomic E-state index is 13.9. The van der Waals surface area contributed by atoms with E-state index in [1.165, 1.54) is 0 Å². The van der Waals surface area contributed by atoms with Crippen molar-refractivity contribution in [1.82, 2.24) is 9.55 Å². The zero-order valence-corrected chi connectivity index (χ0v) is 35.4. The van der Waals surface area contributed by atoms with Crippen LogP contribution in [0.15, 0.2) is 204 Å². The summed E-state index contributed by atoms with van der Waals surface area (Å²) in [6, 6.07) is 57.2. The highest BCUT2D eigenvalue weighted by molar-refractivity contribution is 7.86. The number of rotatable bonds is 16. The number of aromatic amines is 1. The summed E-state index contributed by atoms with van der Waals surface area (Å²) in [6.07, 6.45) is -2.03. The van der Waals surface area contributed by atoms with E-state index < -0.39 is 63.1 Å². The van der Waals surface area contributed by atoms with Crippen molar-refractivity contribution >= 4 is 22.2 Å². The summed E-state index contributed by atoms with van der Waals surface area (Å²) in [5.41, 5.74) is -0.421. The second-order valence-electron chi connectivity index (χ2n) is 15.2. The van der Waals surface area contributed by atoms with Gasteiger partial charge in [0, 0.05) is 12.3 Å². The number of aliphatic carboxylic acids is 1. The van der Waals surface area contributed by atoms with Crippen LogP contribution in [0.25, 0.3) is 6.08 Å². The predicted molar refractivity (Wildman–Crippen MR) is 241 cm³/mol. The molecular formula is C51H44N2O10S. The van der Waals surface area contributed by atoms with Crippen LogP contribution >= 0.6 is 0 Å². The van der Waals surface area contributed by atoms with Crippen LogP contribution in [0.5, 0.6) is 0 Å². The lowest BCUT2D eigenvalue weighted by atomic mass is 9.79. The van der Waals surface area contributed by atoms with Crippen molar-refractivity contribution in [2.75, 3.05) is 12.9 Å². The molecule has 1 aliphatic rings. The first-order valence-electron chi connectivity index (χ1n) is 20.4. The second kappa shape index (κ2) is 18.8. The SMILES string of the molecule is CS(=O)(=O)O[C@@H]1[C@H](OC(c2ccccc2)(c2ccccc2)c2ccccc2)[C@@H](COC(c2ccccc2)(c2ccccc2)c2ccccc2)O[C@H]1n1cc(C=CC(=O)O)c(=O)[nH]c1=O. The quantitative estimate of drug-likeness (QED) is 0.0574. The molecule has 0 bridgehead atoms. The van der Waals surface area contributed by atoms with Gasteiger partial charge in [0.05, 0.1) is 18.4 Å². The maximum absolute atomic E-state index is 13.9. The van der Waals surface area contributed by atoms with Crippen molar-refractivity contribution in [3.05, 3.63) is 254 Å². The summed E-state index contributed by atoms with van der Waals surface area (Å²) in [5, 5.41) is 9.39. The van der Waals surface area contributed by atoms with Gasteiger partial charge in [0.25, 0.3) is 15.7 Å². The van der Waals surface area contributed by atoms with Gasteiger partial charge in [-0.05, 0) is 39.5 Å². The third-order valence-corrected chi connectivity index (χ3v) is 11.7. The van der Waals surface area contributed by atoms with E-state index >= 15 is 0 Å². The summed E-state index contributed by atoms with van der Waals surface area (Å²) in [4.78, 5) is 40.6. The minimum Gasteiger partial charge on any atom is -0.478 e. The van der Waals surface area contributed by atoms with Crippen LogP contribution < -0.4 is 11.2 Å². The Kier molecular flexibility index (Phi) is 12.8. The van der Waals surface area contributed by atoms with Gasteiger partial charge in [-0.1, -0.05) is 182 Å². The van der Waals surface area contributed by atoms with Crippen LogP contribution in [0.4, 0.5) is 0 Å². The van der Waals surface area contributed by atoms with Crippen molar-refractivity contribution in [2.24, 2.45) is 0 Å². The molecule has 8 rings (SSSR count). The molecular weight excluding hydrogens is 833 g/mol. The van der Waals surface area contributed by atoms with E-state index in [1.807, 2.05) is 182 Å². The van der Waals surface area contributed by atoms with Crippen molar-refractivity contribution < 1.29 is 36.7 Å². The molecule has 13 heteroatoms. The molecule has 4 atom stereocenters. The van der Waals surface area contributed by atoms with E-state index in [2.05, 4.69) is 4.98 Å². The molecule has 1 fully saturated rings. The number of benzene rings is 6. The van der Waals surface area contributed by atoms with Crippen LogP contribution in [-0.2, 0) is 44.5 Å². The molecule has 0 aliphatic carbocycles. The molecule has 2 N–H and O–H groups in total. The topological polar surface area (TPSA) is 163 Å². The Hall–Kier alpha value is -7.00. The zero-order valence-electron chi connectivity index (χ0n) is 34.5. The summed E-state index contributed by atoms with van der Waals surface area (Å²) in [6.45, 7) is -0.276. The molecule has 12 nitrogen and oxygen atoms in total. The van der Waals surface area contributed by atoms with Gasteiger partial charge >= 0.3 is 11.7 Å². The van der Waals surface area contributed by atoms with E-state index in [-0.39, 0.29) is 12.2 Å². The Morgan fingerprint density at radius 3 is 1.42 bits per heavy atom. The number of ether oxygens (including phenoxy) is 3. The first-order valence-corrected chi connectivity index (χ1v) is 22.3. The second-order valence-corrected chi connectivity index (χ2v) is 16.8. The smallest absolute Gasteiger partial charge is 0.330 e. The molecule has 64 heavy (non-hydrogen) atoms. The number of hydrogen-bond acceptors (Lipinski definition) is 9. The van der Waals surface area contributed by atoms with E-state index in [0.717, 1.165) is 45.9 Å². The predicted octanol–water partition coefficient (Wildman–Crippen LogP) is 7.26. The van der Waals surface area contributed by atoms with Gasteiger partial charge in [-0.25, -0.2) is 9.59 Å². The third-order valence-electron chi connectivity index (χ3n) is 11.1. The largest absolute Gasteiger partial charge is 0.478 e. The summed E-state index contributed by atoms with van der Waals surface area (Å²) in [5.74, 6) is -1.34. The summed E-state index contributed by atoms with van der Waals surface area (Å²) in [7, 11) is -4.36. The lowest BCUT2D eigenvalue weighted by Crippen LogP contribution is -2.48. The Balaban J connectivity index is 1.37. The lowest BCUT2D eigenvalue weighted by molar-refractivity contribution is -0.131. The normalized spacial score (nSPS) is 18.0. The summed E-state index contributed by atoms with van der Waals surface area (Å²) >= 11 is 0. The van der Waals surface area contributed by atoms with Gasteiger partial charge < -0.3 is 19.3 Å². The van der Waals surface area contributed by atoms with Crippen molar-refractivity contribution in [2.45, 2.75) is 35.7 Å². The Labute approximate surface area is 369 Å². The fourth-order valence-corrected chi connectivity index (χ4v) is 8.99. The zero-order chi connectivity index (χ0) is 44.7. The highest BCUT2D eigenvalue weighted by Crippen LogP contribution is 2.47. The molecule has 1 aromatic heterocycles. The van der Waals surface area contributed by atoms with Gasteiger partial charge in [-0.15, -0.1) is 0 Å². The molecule has 0 saturated carbocycles. The van der Waals surface area contributed by atoms with E-state index in [0.29, 0.717) is 16.7 Å². The number of aromatic nitrogens is 2. The molecule has 7 aromatic rings. The van der Waals surface area contributed by atoms with Gasteiger partial charge in [0.15, 0.2) is 12.3 Å². The molecule has 0 radical (unpaired) electrons. The van der Waals surface area contributed by atoms with Gasteiger partial charge in [0.2, 0.25) is 0 Å². The minimum atomic E-state index is -4.36. The monoisotopic (exact) mass is 876 g/mol. The first-order chi connectivity index (χ1) is 31.0. The molecule has 0 unspecified atom stereocenters. The Morgan fingerprint density at radius 1 is 0.656 bits per heavy atom. The first kappa shape index (κ1) is 43.6. The molecule has 1 saturated heterocycles. The fourth-order valence-electron chi connectivity index (χ4n) is 8.39. The Bertz CT molecular complexity index is 2740. The highest BCUT2D eigenvalue weighted by Gasteiger charge is 2.55. The van der Waals surface area contributed by atoms with Crippen molar-refractivity contribution in [3.8, 4) is 0 Å². The molecule has 6 aromatic carbocycles. The van der Waals surface area contributed by atoms with Crippen LogP contribution in [0.2, 0.25) is 0 Å². The summed E-state index contributed by atoms with van der Waals surface area (Å²) < 4.78 is 55.6. The average molecular weight is 877 g/mol. The number of H-pyrrole nitrogens is 1. The van der Waals surface area contributed by atoms with Crippen molar-refractivity contribution in [1.29, 1.82) is 0 Å². The number of carbonyl (C=O) groups is 1. The Morgan fingerprint density at radius 2 is 1.05 bits per heavy atom. The van der Waals surface area contributed by atoms with E-state index in [9.17, 15) is 27.9 Å². The van der Waals surface area contributed by atoms with Gasteiger partial charge in [-0.2, -0.15) is 8.42 Å². The number of hydrogen-bond donors (Lipinski definition) is 2. The highest BCUT2D eigenvalue weighted by atomic mass is 32.2. The van der Waals surface area contributed by atoms with Crippen LogP contribution in [0, 0.1) is 0 Å². The van der Waals surface area contributed by atoms with Crippen LogP contribution in [0.3, 0.4) is 0 Å². The van der Waals surface area contributed by atoms with E-state index in [1.54, 1.807) is 0 Å². The van der Waals surface area contributed by atoms with E-state index in [4.69, 9.17) is 18.4 Å². The number of nitrogens with zero attached hydrogens (tertiary/aromatic N) is 1. The molecule has 1 aliphatic heterocycles. The standard InChI is InChI=1S/C51H44N2O10S/c1-64(58,59)63-46-45(62-51(40-26-14-5-15-27-40,41-28-16-6-17-29-41)42-30-18-7-19-31-42)43(61-48(46)53-34-36(32-33-44(54)55)47(56)52-49(53)57)35-60-50(37-20-8-2-9-21-37,38-22-10-3-11-23-38)39-24-12-4-13-25-39/h2-34,43,45-46,48H,35H2,1H3,(H,54,55)(H,52,56,57)/t43-,45-,46-,48-/m1/s1. The fraction of sp³-hybridized carbons (Fsp3) is 0.157. The van der Waals surface area contributed by atoms with Crippen LogP contribution in [-0.4, -0.2) is 60.2 Å². The molecule has 0 spiro atoms. The minimum absolute atomic E-state index is 0.218. The third kappa shape index (κ3) is 8.93. The maximum Gasteiger partial charge on any atom is 0.330 e. The molecule has 2 heterocycles. The molecule has 324 valence electrons. The number of carboxylic acid groups (broad SMARTS) is 1. The van der Waals surface area contributed by atoms with Crippen molar-refractivity contribution in [3.63, 3.8) is 0 Å². The molecule has 0 amide bonds. The van der Waals surface area contributed by atoms with Crippen LogP contribution in [0.1, 0.15) is 45.2 Å². The lowest BCUT2D eigenvalue weighted by Gasteiger charge is -2.41. The average Bonchev–Trinajstić information content (AvgIpc) is 3.64. The number of nitrogens with one attached hydrogen (secondary N) is 1. The van der Waals surface area contributed by atoms with Gasteiger partial charge in [0.1, 0.15) is 23.4 Å². The van der Waals surface area contributed by atoms with Gasteiger partial charge in [-0.3, -0.25) is 18.5 Å².